The van der Waals surface area contributed by atoms with Gasteiger partial charge in [-0.3, -0.25) is 5.32 Å². The summed E-state index contributed by atoms with van der Waals surface area (Å²) in [6.45, 7) is 11.4. The molecule has 6 heteroatoms. The van der Waals surface area contributed by atoms with Crippen LogP contribution in [0, 0.1) is 20.8 Å². The molecule has 124 valence electrons. The number of amides is 1. The third-order valence-corrected chi connectivity index (χ3v) is 4.01. The number of ether oxygens (including phenoxy) is 1. The summed E-state index contributed by atoms with van der Waals surface area (Å²) in [5, 5.41) is 7.30. The number of hydrogen-bond acceptors (Lipinski definition) is 3. The van der Waals surface area contributed by atoms with Crippen molar-refractivity contribution in [2.75, 3.05) is 5.32 Å². The van der Waals surface area contributed by atoms with Crippen LogP contribution in [0.5, 0.6) is 0 Å². The smallest absolute Gasteiger partial charge is 0.413 e. The van der Waals surface area contributed by atoms with Crippen LogP contribution in [0.3, 0.4) is 0 Å². The summed E-state index contributed by atoms with van der Waals surface area (Å²) in [7, 11) is 0. The van der Waals surface area contributed by atoms with E-state index in [0.29, 0.717) is 5.82 Å². The SMILES string of the molecule is Cc1cc(C)cc(-n2nc(C)c(Br)c2NC(=O)OC(C)(C)C)c1. The van der Waals surface area contributed by atoms with Gasteiger partial charge in [-0.2, -0.15) is 5.10 Å². The zero-order valence-corrected chi connectivity index (χ0v) is 15.9. The maximum atomic E-state index is 12.1. The maximum absolute atomic E-state index is 12.1. The molecule has 0 aliphatic rings. The van der Waals surface area contributed by atoms with Crippen molar-refractivity contribution in [3.05, 3.63) is 39.5 Å². The molecule has 1 aromatic heterocycles. The summed E-state index contributed by atoms with van der Waals surface area (Å²) in [5.74, 6) is 0.557. The summed E-state index contributed by atoms with van der Waals surface area (Å²) in [4.78, 5) is 12.1. The first-order valence-corrected chi connectivity index (χ1v) is 8.20. The second-order valence-electron chi connectivity index (χ2n) is 6.63. The van der Waals surface area contributed by atoms with Gasteiger partial charge in [0.05, 0.1) is 15.9 Å². The van der Waals surface area contributed by atoms with Gasteiger partial charge in [-0.15, -0.1) is 0 Å². The zero-order valence-electron chi connectivity index (χ0n) is 14.3. The Bertz CT molecular complexity index is 725. The van der Waals surface area contributed by atoms with Crippen LogP contribution in [0.4, 0.5) is 10.6 Å². The standard InChI is InChI=1S/C17H22BrN3O2/c1-10-7-11(2)9-13(8-10)21-15(14(18)12(3)20-21)19-16(22)23-17(4,5)6/h7-9H,1-6H3,(H,19,22). The van der Waals surface area contributed by atoms with Gasteiger partial charge < -0.3 is 4.74 Å². The molecule has 23 heavy (non-hydrogen) atoms. The van der Waals surface area contributed by atoms with E-state index < -0.39 is 11.7 Å². The van der Waals surface area contributed by atoms with Crippen molar-refractivity contribution in [1.29, 1.82) is 0 Å². The van der Waals surface area contributed by atoms with Crippen LogP contribution in [0.15, 0.2) is 22.7 Å². The summed E-state index contributed by atoms with van der Waals surface area (Å²) < 4.78 is 7.78. The highest BCUT2D eigenvalue weighted by molar-refractivity contribution is 9.10. The van der Waals surface area contributed by atoms with Gasteiger partial charge in [0, 0.05) is 0 Å². The number of nitrogens with one attached hydrogen (secondary N) is 1. The lowest BCUT2D eigenvalue weighted by Crippen LogP contribution is -2.28. The molecule has 0 fully saturated rings. The molecule has 0 aliphatic heterocycles. The average Bonchev–Trinajstić information content (AvgIpc) is 2.63. The highest BCUT2D eigenvalue weighted by Crippen LogP contribution is 2.30. The monoisotopic (exact) mass is 379 g/mol. The Morgan fingerprint density at radius 3 is 2.26 bits per heavy atom. The van der Waals surface area contributed by atoms with Crippen LogP contribution in [-0.2, 0) is 4.74 Å². The molecular weight excluding hydrogens is 358 g/mol. The minimum Gasteiger partial charge on any atom is -0.444 e. The molecule has 2 rings (SSSR count). The molecule has 0 saturated heterocycles. The molecular formula is C17H22BrN3O2. The van der Waals surface area contributed by atoms with E-state index in [1.54, 1.807) is 4.68 Å². The van der Waals surface area contributed by atoms with Gasteiger partial charge in [0.2, 0.25) is 0 Å². The van der Waals surface area contributed by atoms with E-state index in [2.05, 4.69) is 32.4 Å². The number of anilines is 1. The molecule has 1 heterocycles. The van der Waals surface area contributed by atoms with Crippen molar-refractivity contribution in [3.8, 4) is 5.69 Å². The number of aromatic nitrogens is 2. The van der Waals surface area contributed by atoms with E-state index in [0.717, 1.165) is 27.0 Å². The first-order chi connectivity index (χ1) is 10.6. The molecule has 1 N–H and O–H groups in total. The summed E-state index contributed by atoms with van der Waals surface area (Å²) >= 11 is 3.49. The maximum Gasteiger partial charge on any atom is 0.413 e. The number of benzene rings is 1. The van der Waals surface area contributed by atoms with Crippen LogP contribution in [0.25, 0.3) is 5.69 Å². The number of rotatable bonds is 2. The van der Waals surface area contributed by atoms with Crippen molar-refractivity contribution in [2.45, 2.75) is 47.1 Å². The lowest BCUT2D eigenvalue weighted by molar-refractivity contribution is 0.0635. The highest BCUT2D eigenvalue weighted by atomic mass is 79.9. The Balaban J connectivity index is 2.42. The molecule has 1 aromatic carbocycles. The second-order valence-corrected chi connectivity index (χ2v) is 7.43. The van der Waals surface area contributed by atoms with Crippen molar-refractivity contribution < 1.29 is 9.53 Å². The molecule has 5 nitrogen and oxygen atoms in total. The van der Waals surface area contributed by atoms with Crippen LogP contribution < -0.4 is 5.32 Å². The minimum absolute atomic E-state index is 0.510. The quantitative estimate of drug-likeness (QED) is 0.806. The molecule has 2 aromatic rings. The Morgan fingerprint density at radius 1 is 1.17 bits per heavy atom. The fourth-order valence-corrected chi connectivity index (χ4v) is 2.62. The Hall–Kier alpha value is -1.82. The van der Waals surface area contributed by atoms with Gasteiger partial charge >= 0.3 is 6.09 Å². The van der Waals surface area contributed by atoms with Crippen molar-refractivity contribution in [2.24, 2.45) is 0 Å². The Kier molecular flexibility index (Phi) is 4.84. The first kappa shape index (κ1) is 17.5. The molecule has 0 unspecified atom stereocenters. The number of aryl methyl sites for hydroxylation is 3. The first-order valence-electron chi connectivity index (χ1n) is 7.40. The van der Waals surface area contributed by atoms with E-state index in [9.17, 15) is 4.79 Å². The van der Waals surface area contributed by atoms with Crippen LogP contribution in [-0.4, -0.2) is 21.5 Å². The highest BCUT2D eigenvalue weighted by Gasteiger charge is 2.21. The number of carbonyl (C=O) groups excluding carboxylic acids is 1. The third kappa shape index (κ3) is 4.34. The van der Waals surface area contributed by atoms with Gasteiger partial charge in [0.25, 0.3) is 0 Å². The van der Waals surface area contributed by atoms with E-state index in [1.165, 1.54) is 0 Å². The van der Waals surface area contributed by atoms with Gasteiger partial charge in [-0.1, -0.05) is 6.07 Å². The summed E-state index contributed by atoms with van der Waals surface area (Å²) in [5.41, 5.74) is 3.38. The number of carbonyl (C=O) groups is 1. The number of nitrogens with zero attached hydrogens (tertiary/aromatic N) is 2. The van der Waals surface area contributed by atoms with Gasteiger partial charge in [0.1, 0.15) is 5.60 Å². The van der Waals surface area contributed by atoms with Crippen molar-refractivity contribution >= 4 is 27.8 Å². The van der Waals surface area contributed by atoms with Gasteiger partial charge in [0.15, 0.2) is 5.82 Å². The number of halogens is 1. The van der Waals surface area contributed by atoms with Crippen molar-refractivity contribution in [3.63, 3.8) is 0 Å². The van der Waals surface area contributed by atoms with E-state index in [-0.39, 0.29) is 0 Å². The molecule has 0 atom stereocenters. The molecule has 0 spiro atoms. The van der Waals surface area contributed by atoms with E-state index in [4.69, 9.17) is 4.74 Å². The van der Waals surface area contributed by atoms with Crippen LogP contribution >= 0.6 is 15.9 Å². The van der Waals surface area contributed by atoms with Gasteiger partial charge in [-0.05, 0) is 80.7 Å². The molecule has 0 radical (unpaired) electrons. The van der Waals surface area contributed by atoms with E-state index in [1.807, 2.05) is 53.7 Å². The predicted octanol–water partition coefficient (Wildman–Crippen LogP) is 4.91. The van der Waals surface area contributed by atoms with Crippen molar-refractivity contribution in [1.82, 2.24) is 9.78 Å². The zero-order chi connectivity index (χ0) is 17.4. The number of hydrogen-bond donors (Lipinski definition) is 1. The molecule has 0 saturated carbocycles. The lowest BCUT2D eigenvalue weighted by atomic mass is 10.1. The average molecular weight is 380 g/mol. The second kappa shape index (κ2) is 6.35. The Morgan fingerprint density at radius 2 is 1.74 bits per heavy atom. The summed E-state index contributed by atoms with van der Waals surface area (Å²) in [6.07, 6.45) is -0.510. The lowest BCUT2D eigenvalue weighted by Gasteiger charge is -2.20. The topological polar surface area (TPSA) is 56.2 Å². The van der Waals surface area contributed by atoms with Crippen LogP contribution in [0.2, 0.25) is 0 Å². The fraction of sp³-hybridized carbons (Fsp3) is 0.412. The molecule has 1 amide bonds. The largest absolute Gasteiger partial charge is 0.444 e. The normalized spacial score (nSPS) is 11.4. The minimum atomic E-state index is -0.559. The predicted molar refractivity (Wildman–Crippen MR) is 95.3 cm³/mol. The third-order valence-electron chi connectivity index (χ3n) is 3.06. The van der Waals surface area contributed by atoms with Gasteiger partial charge in [-0.25, -0.2) is 9.48 Å². The van der Waals surface area contributed by atoms with E-state index >= 15 is 0 Å². The molecule has 0 bridgehead atoms. The summed E-state index contributed by atoms with van der Waals surface area (Å²) in [6, 6.07) is 6.13. The molecule has 0 aliphatic carbocycles. The fourth-order valence-electron chi connectivity index (χ4n) is 2.28. The Labute approximate surface area is 145 Å². The van der Waals surface area contributed by atoms with Crippen LogP contribution in [0.1, 0.15) is 37.6 Å².